The van der Waals surface area contributed by atoms with Gasteiger partial charge >= 0.3 is 0 Å². The Bertz CT molecular complexity index is 255. The highest BCUT2D eigenvalue weighted by atomic mass is 16.5. The molecule has 4 nitrogen and oxygen atoms in total. The van der Waals surface area contributed by atoms with E-state index in [1.807, 2.05) is 0 Å². The summed E-state index contributed by atoms with van der Waals surface area (Å²) in [6, 6.07) is 0. The predicted molar refractivity (Wildman–Crippen MR) is 73.5 cm³/mol. The van der Waals surface area contributed by atoms with E-state index in [0.717, 1.165) is 19.5 Å². The minimum absolute atomic E-state index is 0.0530. The van der Waals surface area contributed by atoms with Crippen LogP contribution in [0, 0.1) is 11.3 Å². The maximum Gasteiger partial charge on any atom is 0.220 e. The summed E-state index contributed by atoms with van der Waals surface area (Å²) < 4.78 is 5.42. The van der Waals surface area contributed by atoms with Crippen LogP contribution < -0.4 is 10.6 Å². The molecule has 0 saturated carbocycles. The van der Waals surface area contributed by atoms with Crippen molar-refractivity contribution in [1.29, 1.82) is 0 Å². The average Bonchev–Trinajstić information content (AvgIpc) is 2.78. The van der Waals surface area contributed by atoms with Gasteiger partial charge in [0.1, 0.15) is 0 Å². The van der Waals surface area contributed by atoms with E-state index in [1.54, 1.807) is 7.11 Å². The summed E-state index contributed by atoms with van der Waals surface area (Å²) >= 11 is 0. The smallest absolute Gasteiger partial charge is 0.220 e. The number of hydrogen-bond acceptors (Lipinski definition) is 3. The molecule has 1 aliphatic heterocycles. The fourth-order valence-electron chi connectivity index (χ4n) is 2.33. The summed E-state index contributed by atoms with van der Waals surface area (Å²) in [5.74, 6) is 0.824. The molecule has 4 heteroatoms. The topological polar surface area (TPSA) is 50.4 Å². The Morgan fingerprint density at radius 2 is 2.22 bits per heavy atom. The van der Waals surface area contributed by atoms with Gasteiger partial charge in [-0.15, -0.1) is 0 Å². The van der Waals surface area contributed by atoms with Crippen LogP contribution in [0.2, 0.25) is 0 Å². The number of carbonyl (C=O) groups is 1. The molecule has 1 fully saturated rings. The summed E-state index contributed by atoms with van der Waals surface area (Å²) in [4.78, 5) is 11.8. The number of ether oxygens (including phenoxy) is 1. The zero-order valence-electron chi connectivity index (χ0n) is 12.2. The van der Waals surface area contributed by atoms with Crippen molar-refractivity contribution in [2.24, 2.45) is 11.3 Å². The molecule has 0 bridgehead atoms. The molecule has 0 aromatic heterocycles. The summed E-state index contributed by atoms with van der Waals surface area (Å²) in [7, 11) is 1.70. The molecule has 1 rings (SSSR count). The van der Waals surface area contributed by atoms with Crippen molar-refractivity contribution in [3.8, 4) is 0 Å². The molecule has 1 heterocycles. The van der Waals surface area contributed by atoms with Gasteiger partial charge in [-0.2, -0.15) is 0 Å². The zero-order chi connectivity index (χ0) is 13.6. The van der Waals surface area contributed by atoms with Gasteiger partial charge in [-0.3, -0.25) is 4.79 Å². The highest BCUT2D eigenvalue weighted by Gasteiger charge is 2.24. The molecular weight excluding hydrogens is 228 g/mol. The van der Waals surface area contributed by atoms with Gasteiger partial charge in [0.15, 0.2) is 0 Å². The van der Waals surface area contributed by atoms with Crippen LogP contribution in [0.5, 0.6) is 0 Å². The maximum atomic E-state index is 11.8. The number of amides is 1. The van der Waals surface area contributed by atoms with Gasteiger partial charge in [0.2, 0.25) is 5.91 Å². The zero-order valence-corrected chi connectivity index (χ0v) is 12.2. The van der Waals surface area contributed by atoms with Crippen molar-refractivity contribution in [3.05, 3.63) is 0 Å². The third-order valence-electron chi connectivity index (χ3n) is 3.68. The van der Waals surface area contributed by atoms with Crippen LogP contribution in [0.3, 0.4) is 0 Å². The highest BCUT2D eigenvalue weighted by molar-refractivity contribution is 5.75. The first-order valence-electron chi connectivity index (χ1n) is 6.93. The molecule has 2 N–H and O–H groups in total. The SMILES string of the molecule is COC(CNC(=O)CCC1CCNC1)C(C)(C)C. The lowest BCUT2D eigenvalue weighted by atomic mass is 9.89. The normalized spacial score (nSPS) is 21.9. The Morgan fingerprint density at radius 1 is 1.50 bits per heavy atom. The highest BCUT2D eigenvalue weighted by Crippen LogP contribution is 2.21. The number of methoxy groups -OCH3 is 1. The van der Waals surface area contributed by atoms with Crippen molar-refractivity contribution in [2.45, 2.75) is 46.1 Å². The summed E-state index contributed by atoms with van der Waals surface area (Å²) in [5, 5.41) is 6.30. The van der Waals surface area contributed by atoms with E-state index in [2.05, 4.69) is 31.4 Å². The molecule has 0 radical (unpaired) electrons. The lowest BCUT2D eigenvalue weighted by molar-refractivity contribution is -0.122. The van der Waals surface area contributed by atoms with Crippen molar-refractivity contribution in [2.75, 3.05) is 26.7 Å². The van der Waals surface area contributed by atoms with Gasteiger partial charge in [0, 0.05) is 20.1 Å². The first-order valence-corrected chi connectivity index (χ1v) is 6.93. The van der Waals surface area contributed by atoms with Crippen molar-refractivity contribution < 1.29 is 9.53 Å². The van der Waals surface area contributed by atoms with Crippen LogP contribution in [-0.2, 0) is 9.53 Å². The number of carbonyl (C=O) groups excluding carboxylic acids is 1. The maximum absolute atomic E-state index is 11.8. The molecule has 1 aliphatic rings. The first-order chi connectivity index (χ1) is 8.43. The lowest BCUT2D eigenvalue weighted by Crippen LogP contribution is -2.40. The van der Waals surface area contributed by atoms with Crippen LogP contribution in [-0.4, -0.2) is 38.8 Å². The lowest BCUT2D eigenvalue weighted by Gasteiger charge is -2.29. The molecule has 0 spiro atoms. The second kappa shape index (κ2) is 7.10. The van der Waals surface area contributed by atoms with Crippen LogP contribution in [0.25, 0.3) is 0 Å². The molecule has 2 atom stereocenters. The Balaban J connectivity index is 2.19. The number of rotatable bonds is 6. The second-order valence-electron chi connectivity index (χ2n) is 6.29. The predicted octanol–water partition coefficient (Wildman–Crippen LogP) is 1.55. The minimum Gasteiger partial charge on any atom is -0.379 e. The fraction of sp³-hybridized carbons (Fsp3) is 0.929. The molecule has 0 aliphatic carbocycles. The van der Waals surface area contributed by atoms with E-state index in [0.29, 0.717) is 18.9 Å². The number of nitrogens with one attached hydrogen (secondary N) is 2. The van der Waals surface area contributed by atoms with Gasteiger partial charge in [0.25, 0.3) is 0 Å². The minimum atomic E-state index is 0.0530. The van der Waals surface area contributed by atoms with Crippen LogP contribution in [0.1, 0.15) is 40.0 Å². The fourth-order valence-corrected chi connectivity index (χ4v) is 2.33. The molecule has 1 amide bonds. The standard InChI is InChI=1S/C14H28N2O2/c1-14(2,3)12(18-4)10-16-13(17)6-5-11-7-8-15-9-11/h11-12,15H,5-10H2,1-4H3,(H,16,17). The molecule has 106 valence electrons. The summed E-state index contributed by atoms with van der Waals surface area (Å²) in [6.07, 6.45) is 2.89. The van der Waals surface area contributed by atoms with E-state index in [-0.39, 0.29) is 17.4 Å². The van der Waals surface area contributed by atoms with Crippen LogP contribution in [0.15, 0.2) is 0 Å². The quantitative estimate of drug-likeness (QED) is 0.758. The molecule has 0 aromatic rings. The molecule has 1 saturated heterocycles. The number of hydrogen-bond donors (Lipinski definition) is 2. The van der Waals surface area contributed by atoms with Crippen LogP contribution >= 0.6 is 0 Å². The first kappa shape index (κ1) is 15.4. The van der Waals surface area contributed by atoms with E-state index in [1.165, 1.54) is 6.42 Å². The van der Waals surface area contributed by atoms with Gasteiger partial charge in [0.05, 0.1) is 6.10 Å². The van der Waals surface area contributed by atoms with E-state index in [4.69, 9.17) is 4.74 Å². The van der Waals surface area contributed by atoms with Crippen molar-refractivity contribution >= 4 is 5.91 Å². The largest absolute Gasteiger partial charge is 0.379 e. The third-order valence-corrected chi connectivity index (χ3v) is 3.68. The van der Waals surface area contributed by atoms with Crippen molar-refractivity contribution in [1.82, 2.24) is 10.6 Å². The monoisotopic (exact) mass is 256 g/mol. The van der Waals surface area contributed by atoms with Gasteiger partial charge in [-0.05, 0) is 37.3 Å². The summed E-state index contributed by atoms with van der Waals surface area (Å²) in [6.45, 7) is 9.13. The Labute approximate surface area is 111 Å². The molecule has 2 unspecified atom stereocenters. The van der Waals surface area contributed by atoms with Gasteiger partial charge < -0.3 is 15.4 Å². The molecule has 0 aromatic carbocycles. The van der Waals surface area contributed by atoms with E-state index in [9.17, 15) is 4.79 Å². The third kappa shape index (κ3) is 5.36. The van der Waals surface area contributed by atoms with Crippen LogP contribution in [0.4, 0.5) is 0 Å². The van der Waals surface area contributed by atoms with Crippen molar-refractivity contribution in [3.63, 3.8) is 0 Å². The Morgan fingerprint density at radius 3 is 2.72 bits per heavy atom. The average molecular weight is 256 g/mol. The Kier molecular flexibility index (Phi) is 6.09. The van der Waals surface area contributed by atoms with Gasteiger partial charge in [-0.1, -0.05) is 20.8 Å². The van der Waals surface area contributed by atoms with E-state index >= 15 is 0 Å². The van der Waals surface area contributed by atoms with E-state index < -0.39 is 0 Å². The summed E-state index contributed by atoms with van der Waals surface area (Å²) in [5.41, 5.74) is 0.0530. The molecular formula is C14H28N2O2. The van der Waals surface area contributed by atoms with Gasteiger partial charge in [-0.25, -0.2) is 0 Å². The second-order valence-corrected chi connectivity index (χ2v) is 6.29. The molecule has 18 heavy (non-hydrogen) atoms. The Hall–Kier alpha value is -0.610.